The Morgan fingerprint density at radius 3 is 2.48 bits per heavy atom. The molecular formula is C21H21N3O2S. The molecule has 6 heteroatoms. The van der Waals surface area contributed by atoms with Gasteiger partial charge in [0.2, 0.25) is 5.91 Å². The fraction of sp³-hybridized carbons (Fsp3) is 0.429. The predicted octanol–water partition coefficient (Wildman–Crippen LogP) is 3.87. The summed E-state index contributed by atoms with van der Waals surface area (Å²) in [5, 5.41) is 22.5. The number of rotatable bonds is 4. The van der Waals surface area contributed by atoms with E-state index in [1.54, 1.807) is 12.1 Å². The number of carbonyl (C=O) groups is 2. The van der Waals surface area contributed by atoms with Crippen LogP contribution in [0.5, 0.6) is 0 Å². The summed E-state index contributed by atoms with van der Waals surface area (Å²) in [4.78, 5) is 25.0. The van der Waals surface area contributed by atoms with Crippen LogP contribution in [0, 0.1) is 40.9 Å². The highest BCUT2D eigenvalue weighted by Crippen LogP contribution is 2.51. The molecule has 1 atom stereocenters. The molecule has 1 spiro atoms. The summed E-state index contributed by atoms with van der Waals surface area (Å²) >= 11 is 1.19. The maximum absolute atomic E-state index is 12.5. The molecule has 3 rings (SSSR count). The zero-order valence-corrected chi connectivity index (χ0v) is 16.1. The van der Waals surface area contributed by atoms with Crippen molar-refractivity contribution in [3.8, 4) is 12.1 Å². The van der Waals surface area contributed by atoms with Gasteiger partial charge in [-0.2, -0.15) is 10.5 Å². The summed E-state index contributed by atoms with van der Waals surface area (Å²) in [5.41, 5.74) is 1.45. The molecular weight excluding hydrogens is 358 g/mol. The highest BCUT2D eigenvalue weighted by atomic mass is 32.2. The van der Waals surface area contributed by atoms with Crippen LogP contribution in [-0.4, -0.2) is 17.4 Å². The van der Waals surface area contributed by atoms with Gasteiger partial charge in [-0.05, 0) is 19.8 Å². The van der Waals surface area contributed by atoms with Gasteiger partial charge in [0.25, 0.3) is 0 Å². The van der Waals surface area contributed by atoms with Crippen molar-refractivity contribution in [3.05, 3.63) is 46.0 Å². The molecule has 0 aromatic heterocycles. The van der Waals surface area contributed by atoms with Crippen molar-refractivity contribution < 1.29 is 9.59 Å². The number of hydrogen-bond acceptors (Lipinski definition) is 5. The Labute approximate surface area is 163 Å². The smallest absolute Gasteiger partial charge is 0.243 e. The summed E-state index contributed by atoms with van der Waals surface area (Å²) < 4.78 is 0. The molecule has 0 saturated heterocycles. The first kappa shape index (κ1) is 19.2. The van der Waals surface area contributed by atoms with E-state index < -0.39 is 11.3 Å². The van der Waals surface area contributed by atoms with Gasteiger partial charge in [-0.25, -0.2) is 0 Å². The molecule has 1 aliphatic carbocycles. The van der Waals surface area contributed by atoms with Crippen molar-refractivity contribution >= 4 is 23.5 Å². The third-order valence-corrected chi connectivity index (χ3v) is 6.49. The van der Waals surface area contributed by atoms with E-state index in [9.17, 15) is 20.1 Å². The summed E-state index contributed by atoms with van der Waals surface area (Å²) in [7, 11) is 0. The molecule has 1 unspecified atom stereocenters. The molecule has 1 aromatic rings. The van der Waals surface area contributed by atoms with E-state index in [-0.39, 0.29) is 17.4 Å². The Kier molecular flexibility index (Phi) is 5.68. The molecule has 5 nitrogen and oxygen atoms in total. The summed E-state index contributed by atoms with van der Waals surface area (Å²) in [5.74, 6) is -1.12. The minimum Gasteiger partial charge on any atom is -0.319 e. The van der Waals surface area contributed by atoms with Crippen LogP contribution in [-0.2, 0) is 4.79 Å². The molecule has 2 aliphatic rings. The van der Waals surface area contributed by atoms with Crippen molar-refractivity contribution in [2.45, 2.75) is 39.0 Å². The van der Waals surface area contributed by atoms with Crippen molar-refractivity contribution in [1.82, 2.24) is 5.32 Å². The SMILES string of the molecule is Cc1ccc(C(=O)CSC2=C(C#N)C3(CCCCC3)C(C#N)C(=O)N2)cc1. The number of carbonyl (C=O) groups excluding carboxylic acids is 2. The van der Waals surface area contributed by atoms with Gasteiger partial charge in [-0.3, -0.25) is 9.59 Å². The van der Waals surface area contributed by atoms with E-state index in [4.69, 9.17) is 0 Å². The predicted molar refractivity (Wildman–Crippen MR) is 103 cm³/mol. The lowest BCUT2D eigenvalue weighted by molar-refractivity contribution is -0.126. The first-order valence-corrected chi connectivity index (χ1v) is 10.1. The normalized spacial score (nSPS) is 21.3. The van der Waals surface area contributed by atoms with Crippen LogP contribution in [0.4, 0.5) is 0 Å². The Morgan fingerprint density at radius 2 is 1.89 bits per heavy atom. The summed E-state index contributed by atoms with van der Waals surface area (Å²) in [6.07, 6.45) is 4.18. The second kappa shape index (κ2) is 7.98. The van der Waals surface area contributed by atoms with Gasteiger partial charge in [0.15, 0.2) is 5.78 Å². The van der Waals surface area contributed by atoms with E-state index in [0.717, 1.165) is 24.8 Å². The van der Waals surface area contributed by atoms with Crippen molar-refractivity contribution in [2.75, 3.05) is 5.75 Å². The standard InChI is InChI=1S/C21H21N3O2S/c1-14-5-7-15(8-6-14)18(25)13-27-20-17(12-23)21(9-3-2-4-10-21)16(11-22)19(26)24-20/h5-8,16H,2-4,9-10,13H2,1H3,(H,24,26). The maximum atomic E-state index is 12.5. The highest BCUT2D eigenvalue weighted by molar-refractivity contribution is 8.03. The lowest BCUT2D eigenvalue weighted by atomic mass is 9.61. The fourth-order valence-corrected chi connectivity index (χ4v) is 5.01. The number of amides is 1. The van der Waals surface area contributed by atoms with Crippen molar-refractivity contribution in [1.29, 1.82) is 10.5 Å². The molecule has 1 amide bonds. The van der Waals surface area contributed by atoms with E-state index >= 15 is 0 Å². The first-order chi connectivity index (χ1) is 13.0. The molecule has 27 heavy (non-hydrogen) atoms. The quantitative estimate of drug-likeness (QED) is 0.802. The average Bonchev–Trinajstić information content (AvgIpc) is 2.67. The highest BCUT2D eigenvalue weighted by Gasteiger charge is 2.51. The Bertz CT molecular complexity index is 868. The number of thioether (sulfide) groups is 1. The number of benzene rings is 1. The minimum atomic E-state index is -0.843. The van der Waals surface area contributed by atoms with Crippen molar-refractivity contribution in [2.24, 2.45) is 11.3 Å². The largest absolute Gasteiger partial charge is 0.319 e. The molecule has 1 heterocycles. The zero-order valence-electron chi connectivity index (χ0n) is 15.2. The lowest BCUT2D eigenvalue weighted by Gasteiger charge is -2.43. The average molecular weight is 379 g/mol. The van der Waals surface area contributed by atoms with E-state index in [0.29, 0.717) is 29.0 Å². The van der Waals surface area contributed by atoms with Crippen LogP contribution in [0.25, 0.3) is 0 Å². The second-order valence-corrected chi connectivity index (χ2v) is 8.15. The van der Waals surface area contributed by atoms with E-state index in [1.807, 2.05) is 19.1 Å². The van der Waals surface area contributed by atoms with E-state index in [1.165, 1.54) is 11.8 Å². The first-order valence-electron chi connectivity index (χ1n) is 9.10. The van der Waals surface area contributed by atoms with Crippen molar-refractivity contribution in [3.63, 3.8) is 0 Å². The molecule has 0 bridgehead atoms. The number of allylic oxidation sites excluding steroid dienone is 1. The van der Waals surface area contributed by atoms with Gasteiger partial charge in [-0.15, -0.1) is 0 Å². The number of hydrogen-bond donors (Lipinski definition) is 1. The van der Waals surface area contributed by atoms with E-state index in [2.05, 4.69) is 17.5 Å². The summed E-state index contributed by atoms with van der Waals surface area (Å²) in [6, 6.07) is 11.7. The Balaban J connectivity index is 1.87. The molecule has 1 aromatic carbocycles. The van der Waals surface area contributed by atoms with Crippen LogP contribution in [0.15, 0.2) is 34.9 Å². The van der Waals surface area contributed by atoms with Crippen LogP contribution in [0.3, 0.4) is 0 Å². The molecule has 138 valence electrons. The van der Waals surface area contributed by atoms with Crippen LogP contribution >= 0.6 is 11.8 Å². The number of Topliss-reactive ketones (excluding diaryl/α,β-unsaturated/α-hetero) is 1. The van der Waals surface area contributed by atoms with Gasteiger partial charge in [0, 0.05) is 11.0 Å². The van der Waals surface area contributed by atoms with Gasteiger partial charge in [-0.1, -0.05) is 60.9 Å². The summed E-state index contributed by atoms with van der Waals surface area (Å²) in [6.45, 7) is 1.96. The van der Waals surface area contributed by atoms with Gasteiger partial charge in [0.05, 0.1) is 28.5 Å². The maximum Gasteiger partial charge on any atom is 0.243 e. The molecule has 1 fully saturated rings. The monoisotopic (exact) mass is 379 g/mol. The molecule has 0 radical (unpaired) electrons. The van der Waals surface area contributed by atoms with Gasteiger partial charge < -0.3 is 5.32 Å². The number of aryl methyl sites for hydroxylation is 1. The topological polar surface area (TPSA) is 93.8 Å². The van der Waals surface area contributed by atoms with Crippen LogP contribution in [0.1, 0.15) is 48.0 Å². The third kappa shape index (κ3) is 3.63. The third-order valence-electron chi connectivity index (χ3n) is 5.48. The van der Waals surface area contributed by atoms with Gasteiger partial charge in [0.1, 0.15) is 5.92 Å². The number of nitrogens with zero attached hydrogens (tertiary/aromatic N) is 2. The van der Waals surface area contributed by atoms with Crippen LogP contribution in [0.2, 0.25) is 0 Å². The fourth-order valence-electron chi connectivity index (χ4n) is 4.00. The Hall–Kier alpha value is -2.57. The van der Waals surface area contributed by atoms with Crippen LogP contribution < -0.4 is 5.32 Å². The minimum absolute atomic E-state index is 0.0564. The Morgan fingerprint density at radius 1 is 1.22 bits per heavy atom. The number of ketones is 1. The zero-order chi connectivity index (χ0) is 19.4. The lowest BCUT2D eigenvalue weighted by Crippen LogP contribution is -2.48. The number of nitriles is 2. The molecule has 1 aliphatic heterocycles. The second-order valence-electron chi connectivity index (χ2n) is 7.16. The number of nitrogens with one attached hydrogen (secondary N) is 1. The van der Waals surface area contributed by atoms with Gasteiger partial charge >= 0.3 is 0 Å². The molecule has 1 N–H and O–H groups in total. The molecule has 1 saturated carbocycles.